The molecule has 156 valence electrons. The lowest BCUT2D eigenvalue weighted by atomic mass is 10.1. The number of hydrogen-bond donors (Lipinski definition) is 1. The van der Waals surface area contributed by atoms with Crippen LogP contribution in [0.5, 0.6) is 0 Å². The first-order valence-electron chi connectivity index (χ1n) is 9.67. The third-order valence-corrected chi connectivity index (χ3v) is 7.79. The second-order valence-electron chi connectivity index (χ2n) is 7.69. The Bertz CT molecular complexity index is 1020. The van der Waals surface area contributed by atoms with E-state index in [2.05, 4.69) is 16.3 Å². The van der Waals surface area contributed by atoms with Crippen LogP contribution >= 0.6 is 22.9 Å². The number of rotatable bonds is 4. The molecule has 2 amide bonds. The van der Waals surface area contributed by atoms with Crippen LogP contribution in [0.4, 0.5) is 10.5 Å². The lowest BCUT2D eigenvalue weighted by molar-refractivity contribution is 0.183. The third-order valence-electron chi connectivity index (χ3n) is 5.46. The number of sulfone groups is 1. The van der Waals surface area contributed by atoms with Gasteiger partial charge in [0, 0.05) is 42.5 Å². The zero-order valence-electron chi connectivity index (χ0n) is 16.2. The van der Waals surface area contributed by atoms with Gasteiger partial charge in [0.25, 0.3) is 0 Å². The largest absolute Gasteiger partial charge is 0.334 e. The average Bonchev–Trinajstić information content (AvgIpc) is 3.26. The summed E-state index contributed by atoms with van der Waals surface area (Å²) >= 11 is 7.63. The van der Waals surface area contributed by atoms with Crippen LogP contribution in [0.15, 0.2) is 35.2 Å². The molecular weight excluding hydrogens is 430 g/mol. The molecule has 1 fully saturated rings. The summed E-state index contributed by atoms with van der Waals surface area (Å²) in [7, 11) is -3.25. The van der Waals surface area contributed by atoms with Gasteiger partial charge in [0.05, 0.1) is 9.23 Å². The lowest BCUT2D eigenvalue weighted by Gasteiger charge is -2.33. The minimum atomic E-state index is -3.25. The number of piperidine rings is 1. The molecule has 1 N–H and O–H groups in total. The molecule has 1 aromatic heterocycles. The molecule has 0 bridgehead atoms. The van der Waals surface area contributed by atoms with Crippen molar-refractivity contribution < 1.29 is 13.2 Å². The van der Waals surface area contributed by atoms with Crippen molar-refractivity contribution in [3.8, 4) is 0 Å². The molecule has 0 aliphatic carbocycles. The number of fused-ring (bicyclic) bond motifs is 1. The fourth-order valence-corrected chi connectivity index (χ4v) is 5.85. The maximum absolute atomic E-state index is 12.9. The highest BCUT2D eigenvalue weighted by Crippen LogP contribution is 2.30. The first-order chi connectivity index (χ1) is 13.8. The smallest absolute Gasteiger partial charge is 0.322 e. The standard InChI is InChI=1S/C20H24ClN3O3S2/c1-29(26,27)17-5-6-18-14(11-17)8-10-24(18)20(25)22-15-3-2-9-23(12-15)13-16-4-7-19(21)28-16/h4-7,11,15H,2-3,8-10,12-13H2,1H3,(H,22,25). The topological polar surface area (TPSA) is 69.7 Å². The van der Waals surface area contributed by atoms with Crippen molar-refractivity contribution in [3.05, 3.63) is 45.1 Å². The van der Waals surface area contributed by atoms with Crippen molar-refractivity contribution in [2.24, 2.45) is 0 Å². The van der Waals surface area contributed by atoms with E-state index in [-0.39, 0.29) is 12.1 Å². The Kier molecular flexibility index (Phi) is 5.88. The Balaban J connectivity index is 1.39. The molecule has 0 radical (unpaired) electrons. The number of thiophene rings is 1. The Morgan fingerprint density at radius 3 is 2.83 bits per heavy atom. The monoisotopic (exact) mass is 453 g/mol. The van der Waals surface area contributed by atoms with Gasteiger partial charge in [-0.05, 0) is 61.7 Å². The SMILES string of the molecule is CS(=O)(=O)c1ccc2c(c1)CCN2C(=O)NC1CCCN(Cc2ccc(Cl)s2)C1. The number of nitrogens with one attached hydrogen (secondary N) is 1. The van der Waals surface area contributed by atoms with Crippen LogP contribution in [0.25, 0.3) is 0 Å². The second kappa shape index (κ2) is 8.26. The minimum absolute atomic E-state index is 0.103. The van der Waals surface area contributed by atoms with Crippen molar-refractivity contribution >= 4 is 44.5 Å². The molecule has 2 aliphatic heterocycles. The molecule has 1 unspecified atom stereocenters. The van der Waals surface area contributed by atoms with Gasteiger partial charge in [0.2, 0.25) is 0 Å². The molecule has 2 aromatic rings. The first kappa shape index (κ1) is 20.7. The van der Waals surface area contributed by atoms with Gasteiger partial charge in [-0.1, -0.05) is 11.6 Å². The van der Waals surface area contributed by atoms with E-state index >= 15 is 0 Å². The maximum atomic E-state index is 12.9. The molecule has 3 heterocycles. The number of carbonyl (C=O) groups excluding carboxylic acids is 1. The van der Waals surface area contributed by atoms with Crippen LogP contribution < -0.4 is 10.2 Å². The van der Waals surface area contributed by atoms with Gasteiger partial charge in [-0.25, -0.2) is 13.2 Å². The van der Waals surface area contributed by atoms with Gasteiger partial charge in [-0.15, -0.1) is 11.3 Å². The zero-order chi connectivity index (χ0) is 20.6. The molecule has 1 saturated heterocycles. The number of hydrogen-bond acceptors (Lipinski definition) is 5. The van der Waals surface area contributed by atoms with E-state index in [4.69, 9.17) is 11.6 Å². The molecule has 1 atom stereocenters. The molecule has 2 aliphatic rings. The van der Waals surface area contributed by atoms with Crippen molar-refractivity contribution in [2.75, 3.05) is 30.8 Å². The van der Waals surface area contributed by atoms with Crippen LogP contribution in [0, 0.1) is 0 Å². The maximum Gasteiger partial charge on any atom is 0.322 e. The molecule has 0 spiro atoms. The number of likely N-dealkylation sites (tertiary alicyclic amines) is 1. The number of benzene rings is 1. The Hall–Kier alpha value is -1.61. The molecule has 1 aromatic carbocycles. The highest BCUT2D eigenvalue weighted by atomic mass is 35.5. The quantitative estimate of drug-likeness (QED) is 0.768. The summed E-state index contributed by atoms with van der Waals surface area (Å²) in [4.78, 5) is 18.5. The highest BCUT2D eigenvalue weighted by molar-refractivity contribution is 7.90. The Morgan fingerprint density at radius 1 is 1.28 bits per heavy atom. The number of carbonyl (C=O) groups is 1. The van der Waals surface area contributed by atoms with E-state index in [1.807, 2.05) is 6.07 Å². The van der Waals surface area contributed by atoms with E-state index in [0.29, 0.717) is 17.9 Å². The van der Waals surface area contributed by atoms with Crippen molar-refractivity contribution in [1.82, 2.24) is 10.2 Å². The van der Waals surface area contributed by atoms with Crippen LogP contribution in [-0.2, 0) is 22.8 Å². The second-order valence-corrected chi connectivity index (χ2v) is 11.5. The van der Waals surface area contributed by atoms with Gasteiger partial charge >= 0.3 is 6.03 Å². The minimum Gasteiger partial charge on any atom is -0.334 e. The van der Waals surface area contributed by atoms with Crippen LogP contribution in [0.1, 0.15) is 23.3 Å². The van der Waals surface area contributed by atoms with E-state index in [0.717, 1.165) is 48.1 Å². The summed E-state index contributed by atoms with van der Waals surface area (Å²) in [6.45, 7) is 3.25. The van der Waals surface area contributed by atoms with Crippen LogP contribution in [-0.4, -0.2) is 51.3 Å². The molecule has 0 saturated carbocycles. The van der Waals surface area contributed by atoms with E-state index in [1.54, 1.807) is 34.4 Å². The predicted molar refractivity (Wildman–Crippen MR) is 117 cm³/mol. The van der Waals surface area contributed by atoms with Crippen LogP contribution in [0.2, 0.25) is 4.34 Å². The molecule has 6 nitrogen and oxygen atoms in total. The van der Waals surface area contributed by atoms with Crippen LogP contribution in [0.3, 0.4) is 0 Å². The van der Waals surface area contributed by atoms with E-state index in [1.165, 1.54) is 11.1 Å². The summed E-state index contributed by atoms with van der Waals surface area (Å²) in [5.74, 6) is 0. The molecule has 29 heavy (non-hydrogen) atoms. The zero-order valence-corrected chi connectivity index (χ0v) is 18.6. The number of nitrogens with zero attached hydrogens (tertiary/aromatic N) is 2. The number of amides is 2. The Labute approximate surface area is 180 Å². The van der Waals surface area contributed by atoms with Gasteiger partial charge < -0.3 is 5.32 Å². The first-order valence-corrected chi connectivity index (χ1v) is 12.8. The lowest BCUT2D eigenvalue weighted by Crippen LogP contribution is -2.51. The summed E-state index contributed by atoms with van der Waals surface area (Å²) < 4.78 is 24.3. The predicted octanol–water partition coefficient (Wildman–Crippen LogP) is 3.54. The van der Waals surface area contributed by atoms with E-state index in [9.17, 15) is 13.2 Å². The van der Waals surface area contributed by atoms with Gasteiger partial charge in [0.15, 0.2) is 9.84 Å². The van der Waals surface area contributed by atoms with Gasteiger partial charge in [-0.3, -0.25) is 9.80 Å². The van der Waals surface area contributed by atoms with Gasteiger partial charge in [0.1, 0.15) is 0 Å². The van der Waals surface area contributed by atoms with Crippen molar-refractivity contribution in [3.63, 3.8) is 0 Å². The summed E-state index contributed by atoms with van der Waals surface area (Å²) in [5, 5.41) is 3.17. The highest BCUT2D eigenvalue weighted by Gasteiger charge is 2.29. The fraction of sp³-hybridized carbons (Fsp3) is 0.450. The Morgan fingerprint density at radius 2 is 2.10 bits per heavy atom. The normalized spacial score (nSPS) is 19.9. The fourth-order valence-electron chi connectivity index (χ4n) is 4.05. The van der Waals surface area contributed by atoms with E-state index < -0.39 is 9.84 Å². The van der Waals surface area contributed by atoms with Crippen molar-refractivity contribution in [2.45, 2.75) is 36.7 Å². The van der Waals surface area contributed by atoms with Crippen molar-refractivity contribution in [1.29, 1.82) is 0 Å². The average molecular weight is 454 g/mol. The summed E-state index contributed by atoms with van der Waals surface area (Å²) in [6.07, 6.45) is 3.87. The number of urea groups is 1. The molecule has 4 rings (SSSR count). The number of halogens is 1. The third kappa shape index (κ3) is 4.77. The molecule has 9 heteroatoms. The summed E-state index contributed by atoms with van der Waals surface area (Å²) in [5.41, 5.74) is 1.71. The summed E-state index contributed by atoms with van der Waals surface area (Å²) in [6, 6.07) is 8.98. The number of anilines is 1. The molecular formula is C20H24ClN3O3S2. The van der Waals surface area contributed by atoms with Gasteiger partial charge in [-0.2, -0.15) is 0 Å².